The number of rotatable bonds is 2. The van der Waals surface area contributed by atoms with Crippen molar-refractivity contribution in [2.24, 2.45) is 0 Å². The number of aromatic amines is 1. The van der Waals surface area contributed by atoms with E-state index in [2.05, 4.69) is 4.98 Å². The van der Waals surface area contributed by atoms with Crippen molar-refractivity contribution in [2.75, 3.05) is 7.05 Å². The molecule has 1 heterocycles. The van der Waals surface area contributed by atoms with E-state index in [0.717, 1.165) is 42.1 Å². The zero-order chi connectivity index (χ0) is 18.2. The van der Waals surface area contributed by atoms with Crippen LogP contribution in [0.2, 0.25) is 0 Å². The molecule has 0 atom stereocenters. The number of benzene rings is 1. The first-order chi connectivity index (χ1) is 11.8. The lowest BCUT2D eigenvalue weighted by Crippen LogP contribution is -2.42. The van der Waals surface area contributed by atoms with Crippen LogP contribution in [-0.2, 0) is 4.74 Å². The highest BCUT2D eigenvalue weighted by atomic mass is 19.1. The van der Waals surface area contributed by atoms with Gasteiger partial charge in [0.2, 0.25) is 0 Å². The molecule has 2 aromatic rings. The predicted octanol–water partition coefficient (Wildman–Crippen LogP) is 5.20. The first-order valence-electron chi connectivity index (χ1n) is 8.97. The van der Waals surface area contributed by atoms with Crippen LogP contribution in [0.1, 0.15) is 57.9 Å². The lowest BCUT2D eigenvalue weighted by Gasteiger charge is -2.36. The van der Waals surface area contributed by atoms with Gasteiger partial charge in [0, 0.05) is 35.8 Å². The second kappa shape index (κ2) is 6.70. The summed E-state index contributed by atoms with van der Waals surface area (Å²) in [4.78, 5) is 17.1. The molecule has 136 valence electrons. The Hall–Kier alpha value is -2.04. The summed E-state index contributed by atoms with van der Waals surface area (Å²) in [6.07, 6.45) is 5.05. The molecule has 0 aliphatic heterocycles. The molecular formula is C20H27FN2O2. The van der Waals surface area contributed by atoms with Crippen LogP contribution in [0.3, 0.4) is 0 Å². The zero-order valence-corrected chi connectivity index (χ0v) is 15.4. The Labute approximate surface area is 148 Å². The van der Waals surface area contributed by atoms with Gasteiger partial charge in [-0.2, -0.15) is 0 Å². The summed E-state index contributed by atoms with van der Waals surface area (Å²) in [6, 6.07) is 5.44. The summed E-state index contributed by atoms with van der Waals surface area (Å²) >= 11 is 0. The van der Waals surface area contributed by atoms with Crippen molar-refractivity contribution >= 4 is 17.0 Å². The van der Waals surface area contributed by atoms with Crippen LogP contribution in [-0.4, -0.2) is 34.7 Å². The third-order valence-corrected chi connectivity index (χ3v) is 5.06. The van der Waals surface area contributed by atoms with Gasteiger partial charge in [0.25, 0.3) is 0 Å². The molecule has 1 fully saturated rings. The van der Waals surface area contributed by atoms with Crippen LogP contribution in [0, 0.1) is 5.82 Å². The molecule has 25 heavy (non-hydrogen) atoms. The van der Waals surface area contributed by atoms with Gasteiger partial charge in [-0.15, -0.1) is 0 Å². The van der Waals surface area contributed by atoms with Gasteiger partial charge >= 0.3 is 6.09 Å². The van der Waals surface area contributed by atoms with Gasteiger partial charge in [0.15, 0.2) is 0 Å². The Morgan fingerprint density at radius 3 is 2.52 bits per heavy atom. The molecule has 0 spiro atoms. The Bertz CT molecular complexity index is 755. The third-order valence-electron chi connectivity index (χ3n) is 5.06. The number of nitrogens with one attached hydrogen (secondary N) is 1. The summed E-state index contributed by atoms with van der Waals surface area (Å²) in [5.74, 6) is 0.0684. The maximum Gasteiger partial charge on any atom is 0.410 e. The number of carbonyl (C=O) groups is 1. The minimum absolute atomic E-state index is 0.129. The van der Waals surface area contributed by atoms with Gasteiger partial charge < -0.3 is 14.6 Å². The molecule has 1 aromatic carbocycles. The Kier molecular flexibility index (Phi) is 4.76. The lowest BCUT2D eigenvalue weighted by molar-refractivity contribution is 0.0183. The standard InChI is InChI=1S/C20H27FN2O2/c1-20(2,3)25-19(24)23(4)14-7-5-13(6-8-14)18-15-11-12-22-17(15)10-9-16(18)21/h9-14,22H,5-8H2,1-4H3. The average Bonchev–Trinajstić information content (AvgIpc) is 3.01. The highest BCUT2D eigenvalue weighted by molar-refractivity contribution is 5.83. The monoisotopic (exact) mass is 346 g/mol. The summed E-state index contributed by atoms with van der Waals surface area (Å²) < 4.78 is 19.9. The van der Waals surface area contributed by atoms with Crippen LogP contribution < -0.4 is 0 Å². The second-order valence-electron chi connectivity index (χ2n) is 8.00. The molecule has 0 radical (unpaired) electrons. The van der Waals surface area contributed by atoms with Gasteiger partial charge in [-0.25, -0.2) is 9.18 Å². The molecule has 4 nitrogen and oxygen atoms in total. The average molecular weight is 346 g/mol. The third kappa shape index (κ3) is 3.80. The molecule has 0 unspecified atom stereocenters. The number of aromatic nitrogens is 1. The van der Waals surface area contributed by atoms with Gasteiger partial charge in [0.1, 0.15) is 11.4 Å². The van der Waals surface area contributed by atoms with Crippen LogP contribution in [0.25, 0.3) is 10.9 Å². The Morgan fingerprint density at radius 2 is 1.88 bits per heavy atom. The van der Waals surface area contributed by atoms with Crippen LogP contribution >= 0.6 is 0 Å². The van der Waals surface area contributed by atoms with Crippen molar-refractivity contribution in [1.29, 1.82) is 0 Å². The van der Waals surface area contributed by atoms with Crippen molar-refractivity contribution in [2.45, 2.75) is 64.0 Å². The Morgan fingerprint density at radius 1 is 1.20 bits per heavy atom. The first kappa shape index (κ1) is 17.8. The summed E-state index contributed by atoms with van der Waals surface area (Å²) in [6.45, 7) is 5.61. The van der Waals surface area contributed by atoms with Crippen molar-refractivity contribution in [3.05, 3.63) is 35.8 Å². The zero-order valence-electron chi connectivity index (χ0n) is 15.4. The fourth-order valence-electron chi connectivity index (χ4n) is 3.78. The van der Waals surface area contributed by atoms with E-state index in [1.165, 1.54) is 0 Å². The fourth-order valence-corrected chi connectivity index (χ4v) is 3.78. The van der Waals surface area contributed by atoms with E-state index >= 15 is 0 Å². The quantitative estimate of drug-likeness (QED) is 0.812. The number of halogens is 1. The molecule has 0 bridgehead atoms. The van der Waals surface area contributed by atoms with E-state index in [1.54, 1.807) is 24.1 Å². The summed E-state index contributed by atoms with van der Waals surface area (Å²) in [7, 11) is 1.80. The van der Waals surface area contributed by atoms with Crippen molar-refractivity contribution < 1.29 is 13.9 Å². The molecule has 5 heteroatoms. The van der Waals surface area contributed by atoms with E-state index in [1.807, 2.05) is 33.0 Å². The molecule has 1 N–H and O–H groups in total. The van der Waals surface area contributed by atoms with Crippen molar-refractivity contribution in [3.8, 4) is 0 Å². The van der Waals surface area contributed by atoms with Crippen LogP contribution in [0.15, 0.2) is 24.4 Å². The molecule has 0 saturated heterocycles. The van der Waals surface area contributed by atoms with E-state index in [4.69, 9.17) is 4.74 Å². The number of hydrogen-bond donors (Lipinski definition) is 1. The number of carbonyl (C=O) groups excluding carboxylic acids is 1. The molecular weight excluding hydrogens is 319 g/mol. The van der Waals surface area contributed by atoms with Crippen LogP contribution in [0.4, 0.5) is 9.18 Å². The van der Waals surface area contributed by atoms with Gasteiger partial charge in [-0.3, -0.25) is 0 Å². The maximum absolute atomic E-state index is 14.5. The highest BCUT2D eigenvalue weighted by Gasteiger charge is 2.31. The maximum atomic E-state index is 14.5. The number of H-pyrrole nitrogens is 1. The van der Waals surface area contributed by atoms with Crippen molar-refractivity contribution in [3.63, 3.8) is 0 Å². The predicted molar refractivity (Wildman–Crippen MR) is 97.3 cm³/mol. The smallest absolute Gasteiger partial charge is 0.410 e. The minimum atomic E-state index is -0.490. The van der Waals surface area contributed by atoms with Gasteiger partial charge in [-0.1, -0.05) is 0 Å². The summed E-state index contributed by atoms with van der Waals surface area (Å²) in [5.41, 5.74) is 1.30. The molecule has 1 aliphatic rings. The largest absolute Gasteiger partial charge is 0.444 e. The van der Waals surface area contributed by atoms with Gasteiger partial charge in [0.05, 0.1) is 0 Å². The Balaban J connectivity index is 1.68. The summed E-state index contributed by atoms with van der Waals surface area (Å²) in [5, 5.41) is 0.976. The normalized spacial score (nSPS) is 21.3. The van der Waals surface area contributed by atoms with E-state index < -0.39 is 5.60 Å². The number of fused-ring (bicyclic) bond motifs is 1. The molecule has 3 rings (SSSR count). The lowest BCUT2D eigenvalue weighted by atomic mass is 9.80. The van der Waals surface area contributed by atoms with Crippen molar-refractivity contribution in [1.82, 2.24) is 9.88 Å². The molecule has 1 aliphatic carbocycles. The fraction of sp³-hybridized carbons (Fsp3) is 0.550. The van der Waals surface area contributed by atoms with E-state index in [9.17, 15) is 9.18 Å². The van der Waals surface area contributed by atoms with E-state index in [0.29, 0.717) is 0 Å². The second-order valence-corrected chi connectivity index (χ2v) is 8.00. The highest BCUT2D eigenvalue weighted by Crippen LogP contribution is 2.39. The number of amides is 1. The number of nitrogens with zero attached hydrogens (tertiary/aromatic N) is 1. The molecule has 1 saturated carbocycles. The van der Waals surface area contributed by atoms with Gasteiger partial charge in [-0.05, 0) is 70.6 Å². The first-order valence-corrected chi connectivity index (χ1v) is 8.97. The number of ether oxygens (including phenoxy) is 1. The topological polar surface area (TPSA) is 45.3 Å². The van der Waals surface area contributed by atoms with E-state index in [-0.39, 0.29) is 23.9 Å². The SMILES string of the molecule is CN(C(=O)OC(C)(C)C)C1CCC(c2c(F)ccc3[nH]ccc23)CC1. The molecule has 1 amide bonds. The minimum Gasteiger partial charge on any atom is -0.444 e. The molecule has 1 aromatic heterocycles. The van der Waals surface area contributed by atoms with Crippen LogP contribution in [0.5, 0.6) is 0 Å². The number of hydrogen-bond acceptors (Lipinski definition) is 2.